The first-order valence-corrected chi connectivity index (χ1v) is 6.61. The van der Waals surface area contributed by atoms with E-state index in [2.05, 4.69) is 21.5 Å². The van der Waals surface area contributed by atoms with Crippen LogP contribution in [-0.4, -0.2) is 34.6 Å². The average Bonchev–Trinajstić information content (AvgIpc) is 2.86. The maximum atomic E-state index is 6.05. The Balaban J connectivity index is 1.95. The van der Waals surface area contributed by atoms with Crippen LogP contribution in [0.5, 0.6) is 0 Å². The molecule has 1 aliphatic heterocycles. The van der Waals surface area contributed by atoms with Crippen LogP contribution >= 0.6 is 11.6 Å². The smallest absolute Gasteiger partial charge is 0.201 e. The number of anilines is 1. The van der Waals surface area contributed by atoms with E-state index in [4.69, 9.17) is 17.3 Å². The molecule has 4 nitrogen and oxygen atoms in total. The highest BCUT2D eigenvalue weighted by Gasteiger charge is 2.21. The van der Waals surface area contributed by atoms with Gasteiger partial charge in [-0.15, -0.1) is 0 Å². The summed E-state index contributed by atoms with van der Waals surface area (Å²) in [7, 11) is 2.16. The van der Waals surface area contributed by atoms with Crippen molar-refractivity contribution >= 4 is 28.6 Å². The lowest BCUT2D eigenvalue weighted by atomic mass is 10.1. The Morgan fingerprint density at radius 3 is 3.06 bits per heavy atom. The molecular weight excluding hydrogens is 248 g/mol. The zero-order chi connectivity index (χ0) is 12.7. The van der Waals surface area contributed by atoms with Crippen LogP contribution in [0.15, 0.2) is 18.2 Å². The second kappa shape index (κ2) is 4.44. The van der Waals surface area contributed by atoms with Gasteiger partial charge in [0, 0.05) is 18.1 Å². The standard InChI is InChI=1S/C13H17ClN4/c1-17-5-4-9(7-17)8-18-12-6-10(14)2-3-11(12)16-13(18)15/h2-3,6,9H,4-5,7-8H2,1H3,(H2,15,16). The van der Waals surface area contributed by atoms with Crippen LogP contribution in [-0.2, 0) is 6.54 Å². The van der Waals surface area contributed by atoms with Gasteiger partial charge in [0.25, 0.3) is 0 Å². The third kappa shape index (κ3) is 2.06. The predicted molar refractivity (Wildman–Crippen MR) is 74.8 cm³/mol. The van der Waals surface area contributed by atoms with Crippen LogP contribution in [0, 0.1) is 5.92 Å². The van der Waals surface area contributed by atoms with Gasteiger partial charge in [-0.1, -0.05) is 11.6 Å². The number of rotatable bonds is 2. The largest absolute Gasteiger partial charge is 0.369 e. The van der Waals surface area contributed by atoms with E-state index in [0.29, 0.717) is 11.9 Å². The van der Waals surface area contributed by atoms with Crippen LogP contribution in [0.2, 0.25) is 5.02 Å². The van der Waals surface area contributed by atoms with E-state index in [0.717, 1.165) is 35.7 Å². The minimum absolute atomic E-state index is 0.585. The van der Waals surface area contributed by atoms with Gasteiger partial charge in [0.2, 0.25) is 5.95 Å². The summed E-state index contributed by atoms with van der Waals surface area (Å²) in [4.78, 5) is 6.74. The van der Waals surface area contributed by atoms with Gasteiger partial charge in [-0.2, -0.15) is 0 Å². The third-order valence-corrected chi connectivity index (χ3v) is 3.90. The first-order chi connectivity index (χ1) is 8.63. The molecule has 1 fully saturated rings. The second-order valence-corrected chi connectivity index (χ2v) is 5.57. The zero-order valence-corrected chi connectivity index (χ0v) is 11.2. The van der Waals surface area contributed by atoms with Crippen LogP contribution in [0.4, 0.5) is 5.95 Å². The van der Waals surface area contributed by atoms with Gasteiger partial charge in [0.05, 0.1) is 11.0 Å². The number of imidazole rings is 1. The van der Waals surface area contributed by atoms with Crippen molar-refractivity contribution in [3.63, 3.8) is 0 Å². The summed E-state index contributed by atoms with van der Waals surface area (Å²) in [6.07, 6.45) is 1.22. The first kappa shape index (κ1) is 11.8. The Hall–Kier alpha value is -1.26. The topological polar surface area (TPSA) is 47.1 Å². The van der Waals surface area contributed by atoms with E-state index in [9.17, 15) is 0 Å². The van der Waals surface area contributed by atoms with E-state index in [1.165, 1.54) is 6.42 Å². The number of fused-ring (bicyclic) bond motifs is 1. The summed E-state index contributed by atoms with van der Waals surface area (Å²) in [6, 6.07) is 5.72. The fraction of sp³-hybridized carbons (Fsp3) is 0.462. The molecule has 2 heterocycles. The molecule has 96 valence electrons. The number of hydrogen-bond acceptors (Lipinski definition) is 3. The number of benzene rings is 1. The molecule has 0 bridgehead atoms. The lowest BCUT2D eigenvalue weighted by Crippen LogP contribution is -2.17. The fourth-order valence-electron chi connectivity index (χ4n) is 2.74. The maximum absolute atomic E-state index is 6.05. The molecule has 3 rings (SSSR count). The van der Waals surface area contributed by atoms with E-state index >= 15 is 0 Å². The summed E-state index contributed by atoms with van der Waals surface area (Å²) in [6.45, 7) is 3.21. The number of hydrogen-bond donors (Lipinski definition) is 1. The lowest BCUT2D eigenvalue weighted by Gasteiger charge is -2.13. The molecular formula is C13H17ClN4. The molecule has 0 radical (unpaired) electrons. The van der Waals surface area contributed by atoms with Crippen molar-refractivity contribution in [1.29, 1.82) is 0 Å². The highest BCUT2D eigenvalue weighted by Crippen LogP contribution is 2.25. The molecule has 1 aromatic heterocycles. The van der Waals surface area contributed by atoms with E-state index in [1.807, 2.05) is 18.2 Å². The molecule has 2 N–H and O–H groups in total. The molecule has 1 unspecified atom stereocenters. The van der Waals surface area contributed by atoms with Crippen molar-refractivity contribution < 1.29 is 0 Å². The van der Waals surface area contributed by atoms with Gasteiger partial charge in [0.15, 0.2) is 0 Å². The minimum atomic E-state index is 0.585. The Labute approximate surface area is 111 Å². The predicted octanol–water partition coefficient (Wildman–Crippen LogP) is 2.22. The minimum Gasteiger partial charge on any atom is -0.369 e. The highest BCUT2D eigenvalue weighted by molar-refractivity contribution is 6.31. The molecule has 1 atom stereocenters. The van der Waals surface area contributed by atoms with Crippen molar-refractivity contribution in [2.45, 2.75) is 13.0 Å². The van der Waals surface area contributed by atoms with Crippen LogP contribution < -0.4 is 5.73 Å². The van der Waals surface area contributed by atoms with Gasteiger partial charge in [-0.05, 0) is 44.1 Å². The number of halogens is 1. The summed E-state index contributed by atoms with van der Waals surface area (Å²) < 4.78 is 2.09. The molecule has 0 saturated carbocycles. The molecule has 2 aromatic rings. The molecule has 1 aliphatic rings. The van der Waals surface area contributed by atoms with Crippen LogP contribution in [0.3, 0.4) is 0 Å². The van der Waals surface area contributed by atoms with Crippen molar-refractivity contribution in [1.82, 2.24) is 14.5 Å². The Kier molecular flexibility index (Phi) is 2.92. The Morgan fingerprint density at radius 2 is 2.33 bits per heavy atom. The summed E-state index contributed by atoms with van der Waals surface area (Å²) in [5.74, 6) is 1.23. The van der Waals surface area contributed by atoms with Crippen LogP contribution in [0.25, 0.3) is 11.0 Å². The Morgan fingerprint density at radius 1 is 1.50 bits per heavy atom. The fourth-order valence-corrected chi connectivity index (χ4v) is 2.91. The normalized spacial score (nSPS) is 20.9. The number of aromatic nitrogens is 2. The zero-order valence-electron chi connectivity index (χ0n) is 10.4. The van der Waals surface area contributed by atoms with Crippen molar-refractivity contribution in [2.24, 2.45) is 5.92 Å². The van der Waals surface area contributed by atoms with Gasteiger partial charge in [-0.25, -0.2) is 4.98 Å². The maximum Gasteiger partial charge on any atom is 0.201 e. The van der Waals surface area contributed by atoms with Gasteiger partial charge < -0.3 is 15.2 Å². The molecule has 0 spiro atoms. The van der Waals surface area contributed by atoms with Gasteiger partial charge >= 0.3 is 0 Å². The van der Waals surface area contributed by atoms with E-state index in [-0.39, 0.29) is 0 Å². The van der Waals surface area contributed by atoms with E-state index < -0.39 is 0 Å². The SMILES string of the molecule is CN1CCC(Cn2c(N)nc3ccc(Cl)cc32)C1. The monoisotopic (exact) mass is 264 g/mol. The number of nitrogen functional groups attached to an aromatic ring is 1. The molecule has 0 amide bonds. The molecule has 18 heavy (non-hydrogen) atoms. The summed E-state index contributed by atoms with van der Waals surface area (Å²) >= 11 is 6.05. The average molecular weight is 265 g/mol. The molecule has 5 heteroatoms. The van der Waals surface area contributed by atoms with Gasteiger partial charge in [-0.3, -0.25) is 0 Å². The van der Waals surface area contributed by atoms with E-state index in [1.54, 1.807) is 0 Å². The molecule has 1 saturated heterocycles. The quantitative estimate of drug-likeness (QED) is 0.905. The summed E-state index contributed by atoms with van der Waals surface area (Å²) in [5, 5.41) is 0.729. The van der Waals surface area contributed by atoms with Crippen molar-refractivity contribution in [3.8, 4) is 0 Å². The highest BCUT2D eigenvalue weighted by atomic mass is 35.5. The van der Waals surface area contributed by atoms with Crippen LogP contribution in [0.1, 0.15) is 6.42 Å². The first-order valence-electron chi connectivity index (χ1n) is 6.23. The Bertz CT molecular complexity index is 578. The van der Waals surface area contributed by atoms with Gasteiger partial charge in [0.1, 0.15) is 0 Å². The number of nitrogens with two attached hydrogens (primary N) is 1. The summed E-state index contributed by atoms with van der Waals surface area (Å²) in [5.41, 5.74) is 7.97. The molecule has 1 aromatic carbocycles. The molecule has 0 aliphatic carbocycles. The third-order valence-electron chi connectivity index (χ3n) is 3.67. The van der Waals surface area contributed by atoms with Crippen molar-refractivity contribution in [2.75, 3.05) is 25.9 Å². The number of likely N-dealkylation sites (tertiary alicyclic amines) is 1. The lowest BCUT2D eigenvalue weighted by molar-refractivity contribution is 0.380. The van der Waals surface area contributed by atoms with Crippen molar-refractivity contribution in [3.05, 3.63) is 23.2 Å². The number of nitrogens with zero attached hydrogens (tertiary/aromatic N) is 3. The second-order valence-electron chi connectivity index (χ2n) is 5.13.